The molecule has 0 spiro atoms. The second kappa shape index (κ2) is 6.18. The van der Waals surface area contributed by atoms with Crippen molar-refractivity contribution in [3.63, 3.8) is 0 Å². The molecular formula is C21H13N3O4S. The lowest BCUT2D eigenvalue weighted by Gasteiger charge is -2.17. The number of nitro groups is 2. The Morgan fingerprint density at radius 3 is 1.86 bits per heavy atom. The van der Waals surface area contributed by atoms with Gasteiger partial charge in [-0.3, -0.25) is 20.2 Å². The molecule has 3 aromatic carbocycles. The van der Waals surface area contributed by atoms with Gasteiger partial charge in [0, 0.05) is 41.8 Å². The van der Waals surface area contributed by atoms with Gasteiger partial charge in [0.05, 0.1) is 20.6 Å². The van der Waals surface area contributed by atoms with Crippen molar-refractivity contribution in [1.29, 1.82) is 0 Å². The van der Waals surface area contributed by atoms with Crippen LogP contribution >= 0.6 is 11.8 Å². The largest absolute Gasteiger partial charge is 0.338 e. The number of nitro benzene ring substituents is 2. The molecule has 3 aromatic rings. The van der Waals surface area contributed by atoms with Gasteiger partial charge in [-0.15, -0.1) is 0 Å². The third kappa shape index (κ3) is 2.53. The van der Waals surface area contributed by atoms with Crippen LogP contribution in [0.5, 0.6) is 0 Å². The van der Waals surface area contributed by atoms with Crippen LogP contribution in [0.15, 0.2) is 70.6 Å². The smallest absolute Gasteiger partial charge is 0.270 e. The van der Waals surface area contributed by atoms with Crippen molar-refractivity contribution in [2.45, 2.75) is 4.90 Å². The van der Waals surface area contributed by atoms with Crippen molar-refractivity contribution < 1.29 is 9.85 Å². The lowest BCUT2D eigenvalue weighted by atomic mass is 10.0. The first-order valence-corrected chi connectivity index (χ1v) is 9.60. The molecule has 0 N–H and O–H groups in total. The summed E-state index contributed by atoms with van der Waals surface area (Å²) in [6.45, 7) is 0. The maximum absolute atomic E-state index is 11.4. The number of para-hydroxylation sites is 1. The predicted molar refractivity (Wildman–Crippen MR) is 112 cm³/mol. The minimum absolute atomic E-state index is 0.00711. The minimum atomic E-state index is -0.422. The maximum atomic E-state index is 11.4. The van der Waals surface area contributed by atoms with Crippen LogP contribution in [0, 0.1) is 20.2 Å². The number of anilines is 1. The van der Waals surface area contributed by atoms with E-state index in [9.17, 15) is 20.2 Å². The van der Waals surface area contributed by atoms with E-state index in [1.54, 1.807) is 36.0 Å². The Morgan fingerprint density at radius 1 is 0.793 bits per heavy atom. The molecule has 29 heavy (non-hydrogen) atoms. The molecule has 7 nitrogen and oxygen atoms in total. The summed E-state index contributed by atoms with van der Waals surface area (Å²) in [6, 6.07) is 17.4. The molecule has 1 aliphatic heterocycles. The summed E-state index contributed by atoms with van der Waals surface area (Å²) in [6.07, 6.45) is 0. The van der Waals surface area contributed by atoms with E-state index in [0.29, 0.717) is 0 Å². The molecule has 1 aliphatic carbocycles. The van der Waals surface area contributed by atoms with Crippen LogP contribution in [-0.4, -0.2) is 16.9 Å². The van der Waals surface area contributed by atoms with E-state index in [-0.39, 0.29) is 11.4 Å². The van der Waals surface area contributed by atoms with E-state index >= 15 is 0 Å². The van der Waals surface area contributed by atoms with E-state index in [1.807, 2.05) is 36.2 Å². The minimum Gasteiger partial charge on any atom is -0.338 e. The highest BCUT2D eigenvalue weighted by molar-refractivity contribution is 8.04. The van der Waals surface area contributed by atoms with E-state index < -0.39 is 9.85 Å². The number of hydrogen-bond acceptors (Lipinski definition) is 6. The zero-order valence-corrected chi connectivity index (χ0v) is 16.0. The third-order valence-electron chi connectivity index (χ3n) is 5.21. The van der Waals surface area contributed by atoms with Crippen LogP contribution in [0.3, 0.4) is 0 Å². The van der Waals surface area contributed by atoms with Crippen LogP contribution < -0.4 is 4.90 Å². The first kappa shape index (κ1) is 17.4. The first-order valence-electron chi connectivity index (χ1n) is 8.78. The van der Waals surface area contributed by atoms with Crippen LogP contribution in [0.4, 0.5) is 17.1 Å². The Hall–Kier alpha value is -3.65. The fourth-order valence-electron chi connectivity index (χ4n) is 3.87. The molecule has 0 unspecified atom stereocenters. The average molecular weight is 403 g/mol. The normalized spacial score (nSPS) is 13.9. The van der Waals surface area contributed by atoms with Gasteiger partial charge in [0.15, 0.2) is 0 Å². The third-order valence-corrected chi connectivity index (χ3v) is 6.44. The van der Waals surface area contributed by atoms with Crippen LogP contribution in [0.2, 0.25) is 0 Å². The average Bonchev–Trinajstić information content (AvgIpc) is 3.21. The van der Waals surface area contributed by atoms with Gasteiger partial charge in [0.25, 0.3) is 11.4 Å². The number of rotatable bonds is 2. The van der Waals surface area contributed by atoms with Crippen molar-refractivity contribution in [1.82, 2.24) is 0 Å². The number of nitrogens with zero attached hydrogens (tertiary/aromatic N) is 3. The van der Waals surface area contributed by atoms with Gasteiger partial charge in [-0.25, -0.2) is 0 Å². The van der Waals surface area contributed by atoms with E-state index in [1.165, 1.54) is 12.1 Å². The topological polar surface area (TPSA) is 89.5 Å². The summed E-state index contributed by atoms with van der Waals surface area (Å²) in [5, 5.41) is 23.6. The maximum Gasteiger partial charge on any atom is 0.270 e. The Kier molecular flexibility index (Phi) is 3.72. The van der Waals surface area contributed by atoms with Gasteiger partial charge in [0.2, 0.25) is 0 Å². The summed E-state index contributed by atoms with van der Waals surface area (Å²) in [7, 11) is 1.94. The molecule has 0 aromatic heterocycles. The van der Waals surface area contributed by atoms with E-state index in [2.05, 4.69) is 0 Å². The standard InChI is InChI=1S/C21H13N3O4S/c1-22-18-4-2-3-5-19(18)29-21(22)20-16-10-12(23(25)26)6-8-14(16)15-9-7-13(24(27)28)11-17(15)20/h2-11H,1H3. The summed E-state index contributed by atoms with van der Waals surface area (Å²) in [5.41, 5.74) is 4.92. The lowest BCUT2D eigenvalue weighted by molar-refractivity contribution is -0.385. The van der Waals surface area contributed by atoms with E-state index in [4.69, 9.17) is 0 Å². The zero-order chi connectivity index (χ0) is 20.3. The molecule has 0 atom stereocenters. The Bertz CT molecular complexity index is 1200. The van der Waals surface area contributed by atoms with Crippen molar-refractivity contribution in [3.8, 4) is 11.1 Å². The summed E-state index contributed by atoms with van der Waals surface area (Å²) >= 11 is 1.56. The molecule has 2 aliphatic rings. The number of benzene rings is 3. The molecule has 1 heterocycles. The Morgan fingerprint density at radius 2 is 1.34 bits per heavy atom. The van der Waals surface area contributed by atoms with Crippen LogP contribution in [0.1, 0.15) is 11.1 Å². The predicted octanol–water partition coefficient (Wildman–Crippen LogP) is 5.44. The number of fused-ring (bicyclic) bond motifs is 4. The molecule has 0 amide bonds. The number of hydrogen-bond donors (Lipinski definition) is 0. The fourth-order valence-corrected chi connectivity index (χ4v) is 5.09. The molecule has 0 radical (unpaired) electrons. The Balaban J connectivity index is 1.82. The van der Waals surface area contributed by atoms with Crippen molar-refractivity contribution >= 4 is 34.4 Å². The zero-order valence-electron chi connectivity index (χ0n) is 15.2. The van der Waals surface area contributed by atoms with Gasteiger partial charge in [-0.1, -0.05) is 23.9 Å². The summed E-state index contributed by atoms with van der Waals surface area (Å²) in [5.74, 6) is 0. The molecule has 8 heteroatoms. The SMILES string of the molecule is CN1C(=C2c3cc([N+](=O)[O-])ccc3-c3ccc([N+](=O)[O-])cc32)Sc2ccccc21. The van der Waals surface area contributed by atoms with Crippen molar-refractivity contribution in [2.75, 3.05) is 11.9 Å². The van der Waals surface area contributed by atoms with Gasteiger partial charge in [0.1, 0.15) is 0 Å². The molecule has 5 rings (SSSR count). The number of thioether (sulfide) groups is 1. The van der Waals surface area contributed by atoms with Gasteiger partial charge < -0.3 is 4.90 Å². The quantitative estimate of drug-likeness (QED) is 0.327. The van der Waals surface area contributed by atoms with Crippen molar-refractivity contribution in [3.05, 3.63) is 97.0 Å². The Labute approximate surface area is 169 Å². The van der Waals surface area contributed by atoms with Crippen molar-refractivity contribution in [2.24, 2.45) is 0 Å². The monoisotopic (exact) mass is 403 g/mol. The molecular weight excluding hydrogens is 390 g/mol. The highest BCUT2D eigenvalue weighted by atomic mass is 32.2. The van der Waals surface area contributed by atoms with Gasteiger partial charge in [-0.2, -0.15) is 0 Å². The second-order valence-electron chi connectivity index (χ2n) is 6.78. The van der Waals surface area contributed by atoms with Crippen LogP contribution in [0.25, 0.3) is 16.7 Å². The van der Waals surface area contributed by atoms with Gasteiger partial charge >= 0.3 is 0 Å². The fraction of sp³-hybridized carbons (Fsp3) is 0.0476. The van der Waals surface area contributed by atoms with Crippen LogP contribution in [-0.2, 0) is 0 Å². The summed E-state index contributed by atoms with van der Waals surface area (Å²) < 4.78 is 0. The highest BCUT2D eigenvalue weighted by Crippen LogP contribution is 2.54. The number of non-ortho nitro benzene ring substituents is 2. The molecule has 0 saturated heterocycles. The second-order valence-corrected chi connectivity index (χ2v) is 7.81. The molecule has 142 valence electrons. The van der Waals surface area contributed by atoms with Gasteiger partial charge in [-0.05, 0) is 46.5 Å². The molecule has 0 bridgehead atoms. The lowest BCUT2D eigenvalue weighted by Crippen LogP contribution is -2.11. The summed E-state index contributed by atoms with van der Waals surface area (Å²) in [4.78, 5) is 25.0. The molecule has 0 saturated carbocycles. The molecule has 0 fully saturated rings. The van der Waals surface area contributed by atoms with E-state index in [0.717, 1.165) is 43.4 Å². The highest BCUT2D eigenvalue weighted by Gasteiger charge is 2.34. The first-order chi connectivity index (χ1) is 14.0.